The lowest BCUT2D eigenvalue weighted by molar-refractivity contribution is -0.0253. The number of hydrogen-bond donors (Lipinski definition) is 2. The van der Waals surface area contributed by atoms with E-state index in [0.29, 0.717) is 29.4 Å². The van der Waals surface area contributed by atoms with Crippen LogP contribution < -0.4 is 0 Å². The van der Waals surface area contributed by atoms with Gasteiger partial charge in [0.25, 0.3) is 0 Å². The summed E-state index contributed by atoms with van der Waals surface area (Å²) in [5, 5.41) is 20.8. The van der Waals surface area contributed by atoms with Crippen LogP contribution >= 0.6 is 0 Å². The first kappa shape index (κ1) is 20.2. The first-order chi connectivity index (χ1) is 13.5. The lowest BCUT2D eigenvalue weighted by Gasteiger charge is -2.51. The Morgan fingerprint density at radius 3 is 2.79 bits per heavy atom. The molecular formula is C25H38O3. The maximum atomic E-state index is 10.7. The van der Waals surface area contributed by atoms with Gasteiger partial charge in [-0.05, 0) is 104 Å². The zero-order valence-corrected chi connectivity index (χ0v) is 17.7. The van der Waals surface area contributed by atoms with Crippen molar-refractivity contribution in [2.45, 2.75) is 89.6 Å². The fourth-order valence-corrected chi connectivity index (χ4v) is 6.80. The highest BCUT2D eigenvalue weighted by Gasteiger charge is 2.55. The van der Waals surface area contributed by atoms with Crippen molar-refractivity contribution in [3.8, 4) is 5.75 Å². The van der Waals surface area contributed by atoms with Crippen LogP contribution in [0.5, 0.6) is 5.75 Å². The van der Waals surface area contributed by atoms with Crippen LogP contribution in [0.15, 0.2) is 18.2 Å². The lowest BCUT2D eigenvalue weighted by atomic mass is 9.53. The number of benzene rings is 1. The van der Waals surface area contributed by atoms with Crippen LogP contribution in [0.4, 0.5) is 0 Å². The summed E-state index contributed by atoms with van der Waals surface area (Å²) < 4.78 is 5.66. The largest absolute Gasteiger partial charge is 0.508 e. The monoisotopic (exact) mass is 386 g/mol. The number of aliphatic hydroxyl groups is 1. The number of aliphatic hydroxyl groups excluding tert-OH is 1. The summed E-state index contributed by atoms with van der Waals surface area (Å²) in [5.41, 5.74) is 3.01. The molecular weight excluding hydrogens is 348 g/mol. The van der Waals surface area contributed by atoms with Gasteiger partial charge in [-0.2, -0.15) is 0 Å². The van der Waals surface area contributed by atoms with Crippen molar-refractivity contribution < 1.29 is 14.9 Å². The van der Waals surface area contributed by atoms with Crippen molar-refractivity contribution in [2.24, 2.45) is 17.3 Å². The Hall–Kier alpha value is -1.06. The molecule has 156 valence electrons. The zero-order chi connectivity index (χ0) is 19.7. The molecule has 28 heavy (non-hydrogen) atoms. The van der Waals surface area contributed by atoms with Gasteiger partial charge in [0.1, 0.15) is 5.75 Å². The topological polar surface area (TPSA) is 49.7 Å². The van der Waals surface area contributed by atoms with E-state index >= 15 is 0 Å². The zero-order valence-electron chi connectivity index (χ0n) is 17.7. The number of ether oxygens (including phenoxy) is 1. The molecule has 1 aromatic rings. The van der Waals surface area contributed by atoms with Crippen LogP contribution in [0.25, 0.3) is 0 Å². The van der Waals surface area contributed by atoms with Gasteiger partial charge in [0.15, 0.2) is 0 Å². The SMILES string of the molecule is CCCOCCCC[C@@H]1C[C@@H]2[C@H](CC[C@]3(C)[C@@H](O)CC[C@@H]23)c2ccc(O)cc21. The number of phenolic OH excluding ortho intramolecular Hbond substituents is 1. The molecule has 0 saturated heterocycles. The molecule has 0 aliphatic heterocycles. The van der Waals surface area contributed by atoms with Gasteiger partial charge in [-0.15, -0.1) is 0 Å². The molecule has 6 atom stereocenters. The molecule has 0 aromatic heterocycles. The summed E-state index contributed by atoms with van der Waals surface area (Å²) in [7, 11) is 0. The Kier molecular flexibility index (Phi) is 6.04. The summed E-state index contributed by atoms with van der Waals surface area (Å²) in [4.78, 5) is 0. The van der Waals surface area contributed by atoms with Crippen molar-refractivity contribution in [1.29, 1.82) is 0 Å². The molecule has 0 unspecified atom stereocenters. The van der Waals surface area contributed by atoms with E-state index in [2.05, 4.69) is 19.9 Å². The minimum Gasteiger partial charge on any atom is -0.508 e. The van der Waals surface area contributed by atoms with Crippen LogP contribution in [0.1, 0.15) is 94.6 Å². The van der Waals surface area contributed by atoms with Crippen molar-refractivity contribution >= 4 is 0 Å². The molecule has 0 radical (unpaired) electrons. The molecule has 0 spiro atoms. The molecule has 0 amide bonds. The number of phenols is 1. The minimum atomic E-state index is -0.117. The Bertz CT molecular complexity index is 672. The molecule has 1 aromatic carbocycles. The fourth-order valence-electron chi connectivity index (χ4n) is 6.80. The maximum Gasteiger partial charge on any atom is 0.115 e. The average Bonchev–Trinajstić information content (AvgIpc) is 2.99. The summed E-state index contributed by atoms with van der Waals surface area (Å²) >= 11 is 0. The van der Waals surface area contributed by atoms with Crippen molar-refractivity contribution in [2.75, 3.05) is 13.2 Å². The standard InChI is InChI=1S/C25H38O3/c1-3-13-28-14-5-4-6-17-15-22-20(19-8-7-18(26)16-21(17)19)11-12-25(2)23(22)9-10-24(25)27/h7-8,16-17,20,22-24,26-27H,3-6,9-15H2,1-2H3/t17-,20-,22-,23+,24+,25+/m1/s1. The number of unbranched alkanes of at least 4 members (excludes halogenated alkanes) is 1. The highest BCUT2D eigenvalue weighted by atomic mass is 16.5. The second-order valence-electron chi connectivity index (χ2n) is 9.87. The molecule has 3 heteroatoms. The molecule has 2 saturated carbocycles. The number of hydrogen-bond acceptors (Lipinski definition) is 3. The molecule has 0 heterocycles. The molecule has 2 fully saturated rings. The van der Waals surface area contributed by atoms with E-state index in [1.807, 2.05) is 12.1 Å². The van der Waals surface area contributed by atoms with E-state index in [4.69, 9.17) is 4.74 Å². The molecule has 2 N–H and O–H groups in total. The second-order valence-corrected chi connectivity index (χ2v) is 9.87. The maximum absolute atomic E-state index is 10.7. The Morgan fingerprint density at radius 1 is 1.11 bits per heavy atom. The molecule has 3 nitrogen and oxygen atoms in total. The molecule has 3 aliphatic rings. The summed E-state index contributed by atoms with van der Waals surface area (Å²) in [5.74, 6) is 2.90. The summed E-state index contributed by atoms with van der Waals surface area (Å²) in [6.07, 6.45) is 10.2. The van der Waals surface area contributed by atoms with Crippen molar-refractivity contribution in [3.05, 3.63) is 29.3 Å². The van der Waals surface area contributed by atoms with Crippen LogP contribution in [0.2, 0.25) is 0 Å². The summed E-state index contributed by atoms with van der Waals surface area (Å²) in [6.45, 7) is 6.23. The predicted octanol–water partition coefficient (Wildman–Crippen LogP) is 5.75. The van der Waals surface area contributed by atoms with Crippen molar-refractivity contribution in [1.82, 2.24) is 0 Å². The second kappa shape index (κ2) is 8.36. The predicted molar refractivity (Wildman–Crippen MR) is 113 cm³/mol. The smallest absolute Gasteiger partial charge is 0.115 e. The lowest BCUT2D eigenvalue weighted by Crippen LogP contribution is -2.44. The van der Waals surface area contributed by atoms with Gasteiger partial charge in [0, 0.05) is 13.2 Å². The fraction of sp³-hybridized carbons (Fsp3) is 0.760. The number of rotatable bonds is 7. The Balaban J connectivity index is 1.52. The van der Waals surface area contributed by atoms with E-state index < -0.39 is 0 Å². The van der Waals surface area contributed by atoms with Gasteiger partial charge in [-0.1, -0.05) is 26.3 Å². The number of aromatic hydroxyl groups is 1. The summed E-state index contributed by atoms with van der Waals surface area (Å²) in [6, 6.07) is 6.13. The van der Waals surface area contributed by atoms with E-state index in [-0.39, 0.29) is 11.5 Å². The highest BCUT2D eigenvalue weighted by molar-refractivity contribution is 5.42. The number of fused-ring (bicyclic) bond motifs is 5. The van der Waals surface area contributed by atoms with E-state index in [9.17, 15) is 10.2 Å². The molecule has 4 rings (SSSR count). The third kappa shape index (κ3) is 3.61. The average molecular weight is 387 g/mol. The van der Waals surface area contributed by atoms with Gasteiger partial charge >= 0.3 is 0 Å². The van der Waals surface area contributed by atoms with E-state index in [1.165, 1.54) is 43.2 Å². The van der Waals surface area contributed by atoms with Gasteiger partial charge in [0.05, 0.1) is 6.10 Å². The van der Waals surface area contributed by atoms with Gasteiger partial charge in [-0.3, -0.25) is 0 Å². The van der Waals surface area contributed by atoms with Crippen molar-refractivity contribution in [3.63, 3.8) is 0 Å². The van der Waals surface area contributed by atoms with Crippen LogP contribution in [-0.2, 0) is 4.74 Å². The first-order valence-electron chi connectivity index (χ1n) is 11.6. The van der Waals surface area contributed by atoms with Crippen LogP contribution in [-0.4, -0.2) is 29.5 Å². The quantitative estimate of drug-likeness (QED) is 0.587. The molecule has 0 bridgehead atoms. The van der Waals surface area contributed by atoms with Gasteiger partial charge in [-0.25, -0.2) is 0 Å². The van der Waals surface area contributed by atoms with E-state index in [1.54, 1.807) is 0 Å². The first-order valence-corrected chi connectivity index (χ1v) is 11.6. The Morgan fingerprint density at radius 2 is 1.96 bits per heavy atom. The highest BCUT2D eigenvalue weighted by Crippen LogP contribution is 2.62. The minimum absolute atomic E-state index is 0.117. The molecule has 3 aliphatic carbocycles. The van der Waals surface area contributed by atoms with Gasteiger partial charge in [0.2, 0.25) is 0 Å². The Labute approximate surface area is 170 Å². The van der Waals surface area contributed by atoms with E-state index in [0.717, 1.165) is 38.9 Å². The van der Waals surface area contributed by atoms with Crippen LogP contribution in [0, 0.1) is 17.3 Å². The normalized spacial score (nSPS) is 36.6. The van der Waals surface area contributed by atoms with Crippen LogP contribution in [0.3, 0.4) is 0 Å². The third-order valence-corrected chi connectivity index (χ3v) is 8.29. The third-order valence-electron chi connectivity index (χ3n) is 8.29. The van der Waals surface area contributed by atoms with Gasteiger partial charge < -0.3 is 14.9 Å².